The van der Waals surface area contributed by atoms with Crippen LogP contribution in [0.3, 0.4) is 0 Å². The van der Waals surface area contributed by atoms with Crippen LogP contribution >= 0.6 is 11.6 Å². The second-order valence-electron chi connectivity index (χ2n) is 7.79. The number of carbonyl (C=O) groups excluding carboxylic acids is 4. The molecule has 0 unspecified atom stereocenters. The molecule has 0 fully saturated rings. The number of anilines is 3. The summed E-state index contributed by atoms with van der Waals surface area (Å²) >= 11 is 6.19. The highest BCUT2D eigenvalue weighted by molar-refractivity contribution is 6.53. The molecule has 1 heterocycles. The largest absolute Gasteiger partial charge is 0.497 e. The Balaban J connectivity index is 1.45. The molecular weight excluding hydrogens is 498 g/mol. The summed E-state index contributed by atoms with van der Waals surface area (Å²) in [5, 5.41) is 5.37. The van der Waals surface area contributed by atoms with Gasteiger partial charge in [0.25, 0.3) is 17.7 Å². The van der Waals surface area contributed by atoms with Crippen molar-refractivity contribution < 1.29 is 28.7 Å². The van der Waals surface area contributed by atoms with E-state index in [1.807, 2.05) is 0 Å². The fraction of sp³-hybridized carbons (Fsp3) is 0.111. The number of carbonyl (C=O) groups is 4. The van der Waals surface area contributed by atoms with E-state index in [1.165, 1.54) is 31.4 Å². The summed E-state index contributed by atoms with van der Waals surface area (Å²) in [6.07, 6.45) is 0. The number of halogens is 1. The summed E-state index contributed by atoms with van der Waals surface area (Å²) in [5.41, 5.74) is 1.85. The normalized spacial score (nSPS) is 13.0. The molecule has 0 atom stereocenters. The molecular formula is C27H22ClN3O6. The highest BCUT2D eigenvalue weighted by Gasteiger charge is 2.39. The predicted octanol–water partition coefficient (Wildman–Crippen LogP) is 4.56. The number of ether oxygens (including phenoxy) is 2. The van der Waals surface area contributed by atoms with Gasteiger partial charge < -0.3 is 20.1 Å². The number of hydrogen-bond acceptors (Lipinski definition) is 7. The van der Waals surface area contributed by atoms with Crippen LogP contribution in [-0.2, 0) is 14.3 Å². The van der Waals surface area contributed by atoms with E-state index in [4.69, 9.17) is 21.1 Å². The molecule has 9 nitrogen and oxygen atoms in total. The van der Waals surface area contributed by atoms with E-state index in [-0.39, 0.29) is 34.5 Å². The Hall–Kier alpha value is -4.63. The van der Waals surface area contributed by atoms with Crippen LogP contribution in [0.15, 0.2) is 83.5 Å². The van der Waals surface area contributed by atoms with Crippen LogP contribution in [0.2, 0.25) is 0 Å². The van der Waals surface area contributed by atoms with E-state index in [1.54, 1.807) is 55.5 Å². The van der Waals surface area contributed by atoms with Crippen molar-refractivity contribution in [1.82, 2.24) is 0 Å². The molecule has 0 saturated heterocycles. The maximum absolute atomic E-state index is 13.0. The lowest BCUT2D eigenvalue weighted by Crippen LogP contribution is -2.32. The van der Waals surface area contributed by atoms with Crippen LogP contribution in [0.5, 0.6) is 5.75 Å². The molecule has 0 saturated carbocycles. The molecule has 3 aromatic carbocycles. The van der Waals surface area contributed by atoms with Gasteiger partial charge in [-0.15, -0.1) is 0 Å². The minimum absolute atomic E-state index is 0.102. The number of methoxy groups -OCH3 is 1. The molecule has 0 radical (unpaired) electrons. The number of amides is 3. The molecule has 0 aromatic heterocycles. The van der Waals surface area contributed by atoms with Crippen molar-refractivity contribution in [2.45, 2.75) is 6.92 Å². The third kappa shape index (κ3) is 5.46. The number of hydrogen-bond donors (Lipinski definition) is 2. The minimum Gasteiger partial charge on any atom is -0.497 e. The molecule has 1 aliphatic rings. The minimum atomic E-state index is -0.702. The number of nitrogens with one attached hydrogen (secondary N) is 2. The lowest BCUT2D eigenvalue weighted by Gasteiger charge is -2.15. The van der Waals surface area contributed by atoms with Crippen molar-refractivity contribution in [2.75, 3.05) is 29.3 Å². The summed E-state index contributed by atoms with van der Waals surface area (Å²) < 4.78 is 10.1. The summed E-state index contributed by atoms with van der Waals surface area (Å²) in [6.45, 7) is 1.92. The average molecular weight is 520 g/mol. The summed E-state index contributed by atoms with van der Waals surface area (Å²) in [7, 11) is 1.54. The van der Waals surface area contributed by atoms with E-state index < -0.39 is 17.8 Å². The first-order valence-electron chi connectivity index (χ1n) is 11.2. The molecule has 37 heavy (non-hydrogen) atoms. The average Bonchev–Trinajstić information content (AvgIpc) is 3.12. The Morgan fingerprint density at radius 1 is 0.892 bits per heavy atom. The zero-order valence-electron chi connectivity index (χ0n) is 19.9. The molecule has 0 aliphatic carbocycles. The van der Waals surface area contributed by atoms with Crippen LogP contribution in [0.4, 0.5) is 17.1 Å². The summed E-state index contributed by atoms with van der Waals surface area (Å²) in [6, 6.07) is 19.1. The Morgan fingerprint density at radius 2 is 1.57 bits per heavy atom. The second-order valence-corrected chi connectivity index (χ2v) is 8.17. The maximum Gasteiger partial charge on any atom is 0.338 e. The molecule has 0 bridgehead atoms. The van der Waals surface area contributed by atoms with Gasteiger partial charge in [0, 0.05) is 23.0 Å². The van der Waals surface area contributed by atoms with Gasteiger partial charge in [-0.1, -0.05) is 17.7 Å². The van der Waals surface area contributed by atoms with E-state index >= 15 is 0 Å². The van der Waals surface area contributed by atoms with E-state index in [9.17, 15) is 19.2 Å². The van der Waals surface area contributed by atoms with Crippen LogP contribution in [0, 0.1) is 0 Å². The van der Waals surface area contributed by atoms with Gasteiger partial charge in [-0.2, -0.15) is 0 Å². The predicted molar refractivity (Wildman–Crippen MR) is 139 cm³/mol. The molecule has 4 rings (SSSR count). The van der Waals surface area contributed by atoms with E-state index in [2.05, 4.69) is 10.6 Å². The zero-order valence-corrected chi connectivity index (χ0v) is 20.7. The van der Waals surface area contributed by atoms with Gasteiger partial charge in [0.15, 0.2) is 0 Å². The standard InChI is InChI=1S/C27H22ClN3O6/c1-3-37-27(35)17-9-13-20(14-10-17)31-25(33)22(28)23(26(31)34)29-18-11-7-16(8-12-18)24(32)30-19-5-4-6-21(15-19)36-2/h4-15,29H,3H2,1-2H3,(H,30,32). The number of nitrogens with zero attached hydrogens (tertiary/aromatic N) is 1. The molecule has 10 heteroatoms. The first kappa shape index (κ1) is 25.5. The molecule has 1 aliphatic heterocycles. The first-order chi connectivity index (χ1) is 17.8. The van der Waals surface area contributed by atoms with Gasteiger partial charge in [-0.3, -0.25) is 14.4 Å². The third-order valence-electron chi connectivity index (χ3n) is 5.41. The first-order valence-corrected chi connectivity index (χ1v) is 11.6. The van der Waals surface area contributed by atoms with E-state index in [0.29, 0.717) is 22.7 Å². The highest BCUT2D eigenvalue weighted by Crippen LogP contribution is 2.30. The van der Waals surface area contributed by atoms with Crippen molar-refractivity contribution in [3.8, 4) is 5.75 Å². The third-order valence-corrected chi connectivity index (χ3v) is 5.76. The van der Waals surface area contributed by atoms with Crippen molar-refractivity contribution in [1.29, 1.82) is 0 Å². The summed E-state index contributed by atoms with van der Waals surface area (Å²) in [4.78, 5) is 51.1. The lowest BCUT2D eigenvalue weighted by atomic mass is 10.2. The zero-order chi connectivity index (χ0) is 26.5. The SMILES string of the molecule is CCOC(=O)c1ccc(N2C(=O)C(Cl)=C(Nc3ccc(C(=O)Nc4cccc(OC)c4)cc3)C2=O)cc1. The van der Waals surface area contributed by atoms with Crippen molar-refractivity contribution >= 4 is 52.4 Å². The molecule has 2 N–H and O–H groups in total. The topological polar surface area (TPSA) is 114 Å². The molecule has 188 valence electrons. The van der Waals surface area contributed by atoms with Gasteiger partial charge in [0.05, 0.1) is 25.0 Å². The number of rotatable bonds is 8. The monoisotopic (exact) mass is 519 g/mol. The van der Waals surface area contributed by atoms with Crippen LogP contribution in [-0.4, -0.2) is 37.4 Å². The number of benzene rings is 3. The van der Waals surface area contributed by atoms with Crippen LogP contribution in [0.25, 0.3) is 0 Å². The number of esters is 1. The van der Waals surface area contributed by atoms with Gasteiger partial charge in [0.2, 0.25) is 0 Å². The van der Waals surface area contributed by atoms with Crippen molar-refractivity contribution in [3.63, 3.8) is 0 Å². The molecule has 3 aromatic rings. The fourth-order valence-electron chi connectivity index (χ4n) is 3.56. The van der Waals surface area contributed by atoms with Gasteiger partial charge in [0.1, 0.15) is 16.5 Å². The van der Waals surface area contributed by atoms with Crippen molar-refractivity contribution in [2.24, 2.45) is 0 Å². The van der Waals surface area contributed by atoms with Crippen molar-refractivity contribution in [3.05, 3.63) is 94.7 Å². The van der Waals surface area contributed by atoms with Crippen LogP contribution in [0.1, 0.15) is 27.6 Å². The quantitative estimate of drug-likeness (QED) is 0.331. The lowest BCUT2D eigenvalue weighted by molar-refractivity contribution is -0.120. The van der Waals surface area contributed by atoms with Crippen LogP contribution < -0.4 is 20.3 Å². The van der Waals surface area contributed by atoms with Gasteiger partial charge in [-0.25, -0.2) is 9.69 Å². The smallest absolute Gasteiger partial charge is 0.338 e. The molecule has 3 amide bonds. The maximum atomic E-state index is 13.0. The Morgan fingerprint density at radius 3 is 2.22 bits per heavy atom. The molecule has 0 spiro atoms. The highest BCUT2D eigenvalue weighted by atomic mass is 35.5. The second kappa shape index (κ2) is 11.0. The Labute approximate surface area is 217 Å². The Bertz CT molecular complexity index is 1400. The summed E-state index contributed by atoms with van der Waals surface area (Å²) in [5.74, 6) is -1.58. The fourth-order valence-corrected chi connectivity index (χ4v) is 3.77. The number of imide groups is 1. The van der Waals surface area contributed by atoms with E-state index in [0.717, 1.165) is 4.90 Å². The Kier molecular flexibility index (Phi) is 7.55. The van der Waals surface area contributed by atoms with Gasteiger partial charge >= 0.3 is 5.97 Å². The van der Waals surface area contributed by atoms with Gasteiger partial charge in [-0.05, 0) is 67.6 Å².